The van der Waals surface area contributed by atoms with Gasteiger partial charge in [-0.15, -0.1) is 0 Å². The van der Waals surface area contributed by atoms with Gasteiger partial charge >= 0.3 is 0 Å². The summed E-state index contributed by atoms with van der Waals surface area (Å²) in [5.41, 5.74) is 2.43. The van der Waals surface area contributed by atoms with Gasteiger partial charge < -0.3 is 14.7 Å². The zero-order valence-electron chi connectivity index (χ0n) is 19.0. The molecule has 6 heteroatoms. The standard InChI is InChI=1S/C26H30ClNO4/c1-5-6-7-14-28-23(18-10-8-17(9-11-18)16(2)3)22(25(30)26(28)31)24(29)19-12-13-20(27)21(15-19)32-4/h8-13,15-16,23,29H,5-7,14H2,1-4H3/b24-22-. The van der Waals surface area contributed by atoms with Crippen LogP contribution >= 0.6 is 11.6 Å². The zero-order valence-corrected chi connectivity index (χ0v) is 19.8. The quantitative estimate of drug-likeness (QED) is 0.226. The number of halogens is 1. The van der Waals surface area contributed by atoms with Gasteiger partial charge in [0.1, 0.15) is 11.5 Å². The van der Waals surface area contributed by atoms with Gasteiger partial charge in [-0.1, -0.05) is 69.5 Å². The first-order valence-corrected chi connectivity index (χ1v) is 11.4. The van der Waals surface area contributed by atoms with Crippen molar-refractivity contribution in [1.29, 1.82) is 0 Å². The number of carbonyl (C=O) groups excluding carboxylic acids is 2. The summed E-state index contributed by atoms with van der Waals surface area (Å²) in [6.45, 7) is 6.76. The van der Waals surface area contributed by atoms with Crippen LogP contribution in [0.1, 0.15) is 68.7 Å². The predicted molar refractivity (Wildman–Crippen MR) is 127 cm³/mol. The van der Waals surface area contributed by atoms with Gasteiger partial charge in [-0.25, -0.2) is 0 Å². The topological polar surface area (TPSA) is 66.8 Å². The van der Waals surface area contributed by atoms with Gasteiger partial charge in [-0.05, 0) is 41.7 Å². The Balaban J connectivity index is 2.13. The molecule has 0 bridgehead atoms. The Bertz CT molecular complexity index is 1030. The first-order valence-electron chi connectivity index (χ1n) is 11.0. The molecule has 2 aromatic rings. The maximum absolute atomic E-state index is 13.1. The summed E-state index contributed by atoms with van der Waals surface area (Å²) in [4.78, 5) is 27.6. The maximum Gasteiger partial charge on any atom is 0.295 e. The molecule has 1 atom stereocenters. The first kappa shape index (κ1) is 23.9. The molecular weight excluding hydrogens is 426 g/mol. The SMILES string of the molecule is CCCCCN1C(=O)C(=O)/C(=C(\O)c2ccc(Cl)c(OC)c2)C1c1ccc(C(C)C)cc1. The van der Waals surface area contributed by atoms with E-state index in [9.17, 15) is 14.7 Å². The van der Waals surface area contributed by atoms with Crippen molar-refractivity contribution < 1.29 is 19.4 Å². The minimum absolute atomic E-state index is 0.0909. The fourth-order valence-electron chi connectivity index (χ4n) is 4.02. The van der Waals surface area contributed by atoms with Crippen LogP contribution in [0.3, 0.4) is 0 Å². The number of benzene rings is 2. The molecule has 1 heterocycles. The molecule has 0 aromatic heterocycles. The number of hydrogen-bond acceptors (Lipinski definition) is 4. The van der Waals surface area contributed by atoms with Crippen LogP contribution < -0.4 is 4.74 Å². The molecule has 1 unspecified atom stereocenters. The molecule has 2 aromatic carbocycles. The van der Waals surface area contributed by atoms with Crippen molar-refractivity contribution in [3.63, 3.8) is 0 Å². The van der Waals surface area contributed by atoms with E-state index in [4.69, 9.17) is 16.3 Å². The van der Waals surface area contributed by atoms with Crippen LogP contribution in [0.5, 0.6) is 5.75 Å². The van der Waals surface area contributed by atoms with Crippen molar-refractivity contribution in [2.45, 2.75) is 52.0 Å². The Morgan fingerprint density at radius 1 is 1.12 bits per heavy atom. The lowest BCUT2D eigenvalue weighted by Crippen LogP contribution is -2.30. The number of amides is 1. The van der Waals surface area contributed by atoms with Crippen molar-refractivity contribution in [3.05, 3.63) is 69.8 Å². The highest BCUT2D eigenvalue weighted by Crippen LogP contribution is 2.40. The van der Waals surface area contributed by atoms with E-state index in [0.717, 1.165) is 24.8 Å². The number of nitrogens with zero attached hydrogens (tertiary/aromatic N) is 1. The van der Waals surface area contributed by atoms with Crippen LogP contribution in [0.25, 0.3) is 5.76 Å². The fraction of sp³-hybridized carbons (Fsp3) is 0.385. The number of likely N-dealkylation sites (tertiary alicyclic amines) is 1. The van der Waals surface area contributed by atoms with Crippen LogP contribution in [-0.2, 0) is 9.59 Å². The Labute approximate surface area is 194 Å². The number of methoxy groups -OCH3 is 1. The second-order valence-electron chi connectivity index (χ2n) is 8.37. The Morgan fingerprint density at radius 2 is 1.81 bits per heavy atom. The summed E-state index contributed by atoms with van der Waals surface area (Å²) in [5, 5.41) is 11.6. The van der Waals surface area contributed by atoms with Gasteiger partial charge in [0.15, 0.2) is 0 Å². The lowest BCUT2D eigenvalue weighted by atomic mass is 9.93. The highest BCUT2D eigenvalue weighted by Gasteiger charge is 2.45. The number of ketones is 1. The molecule has 0 spiro atoms. The van der Waals surface area contributed by atoms with Gasteiger partial charge in [0.25, 0.3) is 11.7 Å². The van der Waals surface area contributed by atoms with E-state index < -0.39 is 17.7 Å². The minimum Gasteiger partial charge on any atom is -0.507 e. The number of aliphatic hydroxyl groups is 1. The van der Waals surface area contributed by atoms with Gasteiger partial charge in [-0.3, -0.25) is 9.59 Å². The van der Waals surface area contributed by atoms with Crippen molar-refractivity contribution in [3.8, 4) is 5.75 Å². The fourth-order valence-corrected chi connectivity index (χ4v) is 4.21. The number of aliphatic hydroxyl groups excluding tert-OH is 1. The predicted octanol–water partition coefficient (Wildman–Crippen LogP) is 6.08. The molecule has 170 valence electrons. The molecular formula is C26H30ClNO4. The number of ether oxygens (including phenoxy) is 1. The summed E-state index contributed by atoms with van der Waals surface area (Å²) in [6.07, 6.45) is 2.75. The van der Waals surface area contributed by atoms with E-state index in [-0.39, 0.29) is 11.3 Å². The lowest BCUT2D eigenvalue weighted by molar-refractivity contribution is -0.139. The largest absolute Gasteiger partial charge is 0.507 e. The highest BCUT2D eigenvalue weighted by molar-refractivity contribution is 6.46. The molecule has 5 nitrogen and oxygen atoms in total. The highest BCUT2D eigenvalue weighted by atomic mass is 35.5. The van der Waals surface area contributed by atoms with E-state index in [1.165, 1.54) is 12.7 Å². The number of carbonyl (C=O) groups is 2. The van der Waals surface area contributed by atoms with Crippen LogP contribution in [0.2, 0.25) is 5.02 Å². The Hall–Kier alpha value is -2.79. The summed E-state index contributed by atoms with van der Waals surface area (Å²) < 4.78 is 5.25. The molecule has 1 saturated heterocycles. The van der Waals surface area contributed by atoms with Gasteiger partial charge in [0, 0.05) is 12.1 Å². The molecule has 1 N–H and O–H groups in total. The van der Waals surface area contributed by atoms with Crippen LogP contribution in [0.15, 0.2) is 48.0 Å². The monoisotopic (exact) mass is 455 g/mol. The van der Waals surface area contributed by atoms with Gasteiger partial charge in [0.05, 0.1) is 23.7 Å². The van der Waals surface area contributed by atoms with Crippen molar-refractivity contribution in [2.24, 2.45) is 0 Å². The Morgan fingerprint density at radius 3 is 2.41 bits per heavy atom. The second kappa shape index (κ2) is 10.2. The Kier molecular flexibility index (Phi) is 7.62. The lowest BCUT2D eigenvalue weighted by Gasteiger charge is -2.25. The van der Waals surface area contributed by atoms with Crippen LogP contribution in [0.4, 0.5) is 0 Å². The van der Waals surface area contributed by atoms with E-state index in [1.54, 1.807) is 23.1 Å². The van der Waals surface area contributed by atoms with Crippen LogP contribution in [-0.4, -0.2) is 35.4 Å². The van der Waals surface area contributed by atoms with E-state index in [2.05, 4.69) is 20.8 Å². The van der Waals surface area contributed by atoms with Gasteiger partial charge in [0.2, 0.25) is 0 Å². The zero-order chi connectivity index (χ0) is 23.4. The normalized spacial score (nSPS) is 17.9. The summed E-state index contributed by atoms with van der Waals surface area (Å²) >= 11 is 6.12. The molecule has 32 heavy (non-hydrogen) atoms. The number of Topliss-reactive ketones (excluding diaryl/α,β-unsaturated/α-hetero) is 1. The summed E-state index contributed by atoms with van der Waals surface area (Å²) in [7, 11) is 1.48. The third-order valence-electron chi connectivity index (χ3n) is 5.89. The summed E-state index contributed by atoms with van der Waals surface area (Å²) in [6, 6.07) is 12.0. The smallest absolute Gasteiger partial charge is 0.295 e. The first-order chi connectivity index (χ1) is 15.3. The maximum atomic E-state index is 13.1. The number of rotatable bonds is 8. The van der Waals surface area contributed by atoms with Gasteiger partial charge in [-0.2, -0.15) is 0 Å². The van der Waals surface area contributed by atoms with E-state index >= 15 is 0 Å². The minimum atomic E-state index is -0.675. The molecule has 1 amide bonds. The number of unbranched alkanes of at least 4 members (excludes halogenated alkanes) is 2. The molecule has 1 aliphatic heterocycles. The third-order valence-corrected chi connectivity index (χ3v) is 6.20. The molecule has 1 aliphatic rings. The van der Waals surface area contributed by atoms with Crippen LogP contribution in [0, 0.1) is 0 Å². The van der Waals surface area contributed by atoms with E-state index in [0.29, 0.717) is 28.8 Å². The molecule has 0 aliphatic carbocycles. The summed E-state index contributed by atoms with van der Waals surface area (Å²) in [5.74, 6) is -0.742. The number of hydrogen-bond donors (Lipinski definition) is 1. The average Bonchev–Trinajstić information content (AvgIpc) is 3.04. The third kappa shape index (κ3) is 4.68. The van der Waals surface area contributed by atoms with Crippen molar-refractivity contribution >= 4 is 29.1 Å². The molecule has 0 saturated carbocycles. The van der Waals surface area contributed by atoms with E-state index in [1.807, 2.05) is 24.3 Å². The second-order valence-corrected chi connectivity index (χ2v) is 8.78. The molecule has 3 rings (SSSR count). The van der Waals surface area contributed by atoms with Crippen molar-refractivity contribution in [2.75, 3.05) is 13.7 Å². The average molecular weight is 456 g/mol. The van der Waals surface area contributed by atoms with Crippen molar-refractivity contribution in [1.82, 2.24) is 4.90 Å². The molecule has 0 radical (unpaired) electrons. The molecule has 1 fully saturated rings.